The minimum absolute atomic E-state index is 0. The zero-order valence-corrected chi connectivity index (χ0v) is 21.9. The number of benzene rings is 2. The van der Waals surface area contributed by atoms with E-state index >= 15 is 0 Å². The monoisotopic (exact) mass is 554 g/mol. The molecule has 0 aliphatic heterocycles. The lowest BCUT2D eigenvalue weighted by Gasteiger charge is -2.22. The molecule has 8 heteroatoms. The van der Waals surface area contributed by atoms with E-state index in [9.17, 15) is 4.79 Å². The topological polar surface area (TPSA) is 75.2 Å². The molecule has 2 aromatic carbocycles. The fourth-order valence-corrected chi connectivity index (χ4v) is 3.00. The second-order valence-corrected chi connectivity index (χ2v) is 7.24. The Morgan fingerprint density at radius 1 is 1.00 bits per heavy atom. The van der Waals surface area contributed by atoms with E-state index in [4.69, 9.17) is 14.5 Å². The van der Waals surface area contributed by atoms with Crippen LogP contribution in [0.4, 0.5) is 0 Å². The number of aryl methyl sites for hydroxylation is 1. The molecule has 0 aromatic heterocycles. The minimum atomic E-state index is -0.162. The van der Waals surface area contributed by atoms with Gasteiger partial charge in [0.25, 0.3) is 5.91 Å². The van der Waals surface area contributed by atoms with E-state index in [0.29, 0.717) is 24.6 Å². The average Bonchev–Trinajstić information content (AvgIpc) is 2.77. The van der Waals surface area contributed by atoms with Crippen LogP contribution in [0.3, 0.4) is 0 Å². The van der Waals surface area contributed by atoms with Crippen molar-refractivity contribution in [1.82, 2.24) is 15.5 Å². The van der Waals surface area contributed by atoms with Crippen molar-refractivity contribution in [2.45, 2.75) is 33.9 Å². The Bertz CT molecular complexity index is 872. The number of rotatable bonds is 10. The van der Waals surface area contributed by atoms with Gasteiger partial charge in [-0.05, 0) is 44.0 Å². The molecule has 176 valence electrons. The fraction of sp³-hybridized carbons (Fsp3) is 0.417. The number of nitrogens with one attached hydrogen (secondary N) is 2. The molecule has 0 bridgehead atoms. The van der Waals surface area contributed by atoms with Gasteiger partial charge in [-0.1, -0.05) is 35.9 Å². The molecule has 7 nitrogen and oxygen atoms in total. The van der Waals surface area contributed by atoms with Gasteiger partial charge < -0.3 is 25.0 Å². The number of methoxy groups -OCH3 is 1. The summed E-state index contributed by atoms with van der Waals surface area (Å²) in [5, 5.41) is 6.05. The van der Waals surface area contributed by atoms with Gasteiger partial charge in [0.1, 0.15) is 0 Å². The van der Waals surface area contributed by atoms with Crippen LogP contribution in [0.5, 0.6) is 11.5 Å². The van der Waals surface area contributed by atoms with Crippen molar-refractivity contribution >= 4 is 35.8 Å². The number of hydrogen-bond acceptors (Lipinski definition) is 4. The summed E-state index contributed by atoms with van der Waals surface area (Å²) in [5.41, 5.74) is 3.47. The third kappa shape index (κ3) is 8.94. The first-order chi connectivity index (χ1) is 15.0. The van der Waals surface area contributed by atoms with Crippen molar-refractivity contribution in [2.24, 2.45) is 4.99 Å². The number of ether oxygens (including phenoxy) is 2. The van der Waals surface area contributed by atoms with Gasteiger partial charge in [0.2, 0.25) is 0 Å². The Balaban J connectivity index is 0.00000512. The van der Waals surface area contributed by atoms with Crippen molar-refractivity contribution < 1.29 is 14.3 Å². The summed E-state index contributed by atoms with van der Waals surface area (Å²) < 4.78 is 11.0. The largest absolute Gasteiger partial charge is 0.493 e. The molecule has 0 radical (unpaired) electrons. The number of likely N-dealkylation sites (N-methyl/N-ethyl adjacent to an activating group) is 1. The molecule has 2 aromatic rings. The first kappa shape index (κ1) is 27.5. The second kappa shape index (κ2) is 14.5. The number of aliphatic imine (C=N–C) groups is 1. The van der Waals surface area contributed by atoms with E-state index in [1.165, 1.54) is 11.1 Å². The minimum Gasteiger partial charge on any atom is -0.493 e. The quantitative estimate of drug-likeness (QED) is 0.266. The molecule has 2 rings (SSSR count). The van der Waals surface area contributed by atoms with Gasteiger partial charge in [-0.25, -0.2) is 4.99 Å². The number of amides is 1. The summed E-state index contributed by atoms with van der Waals surface area (Å²) in [5.74, 6) is 1.78. The molecular weight excluding hydrogens is 519 g/mol. The Morgan fingerprint density at radius 2 is 1.66 bits per heavy atom. The van der Waals surface area contributed by atoms with Crippen molar-refractivity contribution in [3.8, 4) is 11.5 Å². The van der Waals surface area contributed by atoms with Crippen molar-refractivity contribution in [3.05, 3.63) is 59.2 Å². The number of carbonyl (C=O) groups is 1. The Labute approximate surface area is 208 Å². The molecule has 0 fully saturated rings. The third-order valence-corrected chi connectivity index (χ3v) is 4.61. The van der Waals surface area contributed by atoms with Crippen LogP contribution >= 0.6 is 24.0 Å². The van der Waals surface area contributed by atoms with Crippen LogP contribution in [-0.2, 0) is 17.9 Å². The number of carbonyl (C=O) groups excluding carboxylic acids is 1. The molecule has 1 amide bonds. The number of hydrogen-bond donors (Lipinski definition) is 2. The molecule has 0 saturated heterocycles. The maximum atomic E-state index is 11.6. The van der Waals surface area contributed by atoms with Gasteiger partial charge in [0, 0.05) is 26.7 Å². The van der Waals surface area contributed by atoms with Crippen LogP contribution < -0.4 is 20.1 Å². The van der Waals surface area contributed by atoms with Crippen LogP contribution in [0.1, 0.15) is 30.5 Å². The maximum absolute atomic E-state index is 11.6. The predicted octanol–water partition coefficient (Wildman–Crippen LogP) is 3.73. The fourth-order valence-electron chi connectivity index (χ4n) is 3.00. The second-order valence-electron chi connectivity index (χ2n) is 7.24. The molecule has 0 spiro atoms. The molecule has 0 heterocycles. The van der Waals surface area contributed by atoms with Crippen molar-refractivity contribution in [3.63, 3.8) is 0 Å². The highest BCUT2D eigenvalue weighted by Gasteiger charge is 2.10. The Kier molecular flexibility index (Phi) is 12.5. The molecule has 32 heavy (non-hydrogen) atoms. The van der Waals surface area contributed by atoms with Gasteiger partial charge >= 0.3 is 0 Å². The van der Waals surface area contributed by atoms with E-state index in [1.54, 1.807) is 7.11 Å². The van der Waals surface area contributed by atoms with Gasteiger partial charge in [-0.15, -0.1) is 24.0 Å². The average molecular weight is 554 g/mol. The highest BCUT2D eigenvalue weighted by Crippen LogP contribution is 2.28. The van der Waals surface area contributed by atoms with Crippen LogP contribution in [0.2, 0.25) is 0 Å². The Morgan fingerprint density at radius 3 is 2.28 bits per heavy atom. The van der Waals surface area contributed by atoms with Crippen LogP contribution in [0.15, 0.2) is 47.5 Å². The summed E-state index contributed by atoms with van der Waals surface area (Å²) in [6, 6.07) is 14.2. The number of guanidine groups is 1. The summed E-state index contributed by atoms with van der Waals surface area (Å²) in [6.07, 6.45) is 0. The van der Waals surface area contributed by atoms with Crippen LogP contribution in [-0.4, -0.2) is 50.6 Å². The summed E-state index contributed by atoms with van der Waals surface area (Å²) in [4.78, 5) is 18.5. The van der Waals surface area contributed by atoms with Crippen LogP contribution in [0, 0.1) is 6.92 Å². The summed E-state index contributed by atoms with van der Waals surface area (Å²) in [7, 11) is 3.61. The summed E-state index contributed by atoms with van der Waals surface area (Å²) >= 11 is 0. The zero-order chi connectivity index (χ0) is 22.6. The maximum Gasteiger partial charge on any atom is 0.257 e. The van der Waals surface area contributed by atoms with Crippen LogP contribution in [0.25, 0.3) is 0 Å². The smallest absolute Gasteiger partial charge is 0.257 e. The molecule has 0 saturated carbocycles. The van der Waals surface area contributed by atoms with Gasteiger partial charge in [-0.2, -0.15) is 0 Å². The van der Waals surface area contributed by atoms with Gasteiger partial charge in [0.15, 0.2) is 24.1 Å². The lowest BCUT2D eigenvalue weighted by Crippen LogP contribution is -2.38. The van der Waals surface area contributed by atoms with E-state index in [-0.39, 0.29) is 36.5 Å². The summed E-state index contributed by atoms with van der Waals surface area (Å²) in [6.45, 7) is 8.58. The Hall–Kier alpha value is -2.49. The highest BCUT2D eigenvalue weighted by atomic mass is 127. The lowest BCUT2D eigenvalue weighted by atomic mass is 10.1. The third-order valence-electron chi connectivity index (χ3n) is 4.61. The number of halogens is 1. The molecular formula is C24H35IN4O3. The molecule has 0 aliphatic carbocycles. The van der Waals surface area contributed by atoms with E-state index in [2.05, 4.69) is 53.6 Å². The van der Waals surface area contributed by atoms with E-state index in [1.807, 2.05) is 32.2 Å². The molecule has 2 N–H and O–H groups in total. The lowest BCUT2D eigenvalue weighted by molar-refractivity contribution is -0.123. The SMILES string of the molecule is CCNC(=O)COc1ccc(CN=C(NCC)N(C)Cc2ccc(C)cc2)cc1OC.I. The van der Waals surface area contributed by atoms with E-state index < -0.39 is 0 Å². The first-order valence-corrected chi connectivity index (χ1v) is 10.6. The zero-order valence-electron chi connectivity index (χ0n) is 19.6. The van der Waals surface area contributed by atoms with Crippen molar-refractivity contribution in [2.75, 3.05) is 33.9 Å². The molecule has 0 aliphatic rings. The van der Waals surface area contributed by atoms with Gasteiger partial charge in [-0.3, -0.25) is 4.79 Å². The predicted molar refractivity (Wildman–Crippen MR) is 140 cm³/mol. The van der Waals surface area contributed by atoms with E-state index in [0.717, 1.165) is 24.6 Å². The standard InChI is InChI=1S/C24H34N4O3.HI/c1-6-25-23(29)17-31-21-13-12-20(14-22(21)30-5)15-27-24(26-7-2)28(4)16-19-10-8-18(3)9-11-19;/h8-14H,6-7,15-17H2,1-5H3,(H,25,29)(H,26,27);1H. The number of nitrogens with zero attached hydrogens (tertiary/aromatic N) is 2. The van der Waals surface area contributed by atoms with Crippen molar-refractivity contribution in [1.29, 1.82) is 0 Å². The normalized spacial score (nSPS) is 10.7. The molecule has 0 atom stereocenters. The molecule has 0 unspecified atom stereocenters. The highest BCUT2D eigenvalue weighted by molar-refractivity contribution is 14.0. The van der Waals surface area contributed by atoms with Gasteiger partial charge in [0.05, 0.1) is 13.7 Å². The first-order valence-electron chi connectivity index (χ1n) is 10.6.